The van der Waals surface area contributed by atoms with Crippen molar-refractivity contribution in [1.29, 1.82) is 0 Å². The van der Waals surface area contributed by atoms with Gasteiger partial charge in [-0.1, -0.05) is 29.8 Å². The second-order valence-electron chi connectivity index (χ2n) is 11.4. The Bertz CT molecular complexity index is 1740. The van der Waals surface area contributed by atoms with E-state index in [1.807, 2.05) is 79.6 Å². The van der Waals surface area contributed by atoms with Crippen LogP contribution in [0.25, 0.3) is 11.2 Å². The number of amides is 2. The molecule has 5 heterocycles. The standard InChI is InChI=1S/C31H34ClN7O3/c1-17(2)38-27-25(33-29(38)22-11-13-36(14-12-22)31(41)42-18(3)4)30(40)39(26(27)21-7-9-23(32)10-8-21)24-15-19(5)28-35-34-20(6)37(28)16-24/h7-11,15-18,26H,12-14H2,1-6H3. The summed E-state index contributed by atoms with van der Waals surface area (Å²) >= 11 is 6.28. The van der Waals surface area contributed by atoms with Crippen molar-refractivity contribution >= 4 is 40.5 Å². The van der Waals surface area contributed by atoms with Gasteiger partial charge in [-0.3, -0.25) is 14.1 Å². The predicted octanol–water partition coefficient (Wildman–Crippen LogP) is 6.16. The molecule has 0 radical (unpaired) electrons. The maximum absolute atomic E-state index is 14.3. The van der Waals surface area contributed by atoms with E-state index in [0.29, 0.717) is 30.2 Å². The van der Waals surface area contributed by atoms with E-state index in [-0.39, 0.29) is 24.1 Å². The van der Waals surface area contributed by atoms with Crippen LogP contribution in [0, 0.1) is 13.8 Å². The second kappa shape index (κ2) is 10.6. The number of pyridine rings is 1. The van der Waals surface area contributed by atoms with E-state index < -0.39 is 6.04 Å². The molecule has 2 aliphatic heterocycles. The van der Waals surface area contributed by atoms with Crippen molar-refractivity contribution in [1.82, 2.24) is 29.0 Å². The first-order chi connectivity index (χ1) is 20.0. The first-order valence-electron chi connectivity index (χ1n) is 14.2. The van der Waals surface area contributed by atoms with Gasteiger partial charge in [0, 0.05) is 30.4 Å². The van der Waals surface area contributed by atoms with E-state index in [9.17, 15) is 9.59 Å². The number of benzene rings is 1. The lowest BCUT2D eigenvalue weighted by atomic mass is 10.0. The summed E-state index contributed by atoms with van der Waals surface area (Å²) in [5, 5.41) is 9.15. The van der Waals surface area contributed by atoms with Crippen molar-refractivity contribution in [2.45, 2.75) is 66.2 Å². The molecule has 0 bridgehead atoms. The SMILES string of the molecule is Cc1cc(N2C(=O)c3nc(C4=CCN(C(=O)OC(C)C)CC4)n(C(C)C)c3C2c2ccc(Cl)cc2)cn2c(C)nnc12. The average molecular weight is 588 g/mol. The summed E-state index contributed by atoms with van der Waals surface area (Å²) in [6.07, 6.45) is 4.05. The van der Waals surface area contributed by atoms with Crippen molar-refractivity contribution in [2.75, 3.05) is 18.0 Å². The Morgan fingerprint density at radius 3 is 2.48 bits per heavy atom. The highest BCUT2D eigenvalue weighted by Gasteiger charge is 2.45. The summed E-state index contributed by atoms with van der Waals surface area (Å²) in [7, 11) is 0. The Morgan fingerprint density at radius 2 is 1.83 bits per heavy atom. The van der Waals surface area contributed by atoms with E-state index in [0.717, 1.165) is 45.4 Å². The maximum Gasteiger partial charge on any atom is 0.410 e. The lowest BCUT2D eigenvalue weighted by Gasteiger charge is -2.30. The van der Waals surface area contributed by atoms with Crippen molar-refractivity contribution in [3.8, 4) is 0 Å². The smallest absolute Gasteiger partial charge is 0.410 e. The number of imidazole rings is 1. The number of fused-ring (bicyclic) bond motifs is 2. The highest BCUT2D eigenvalue weighted by molar-refractivity contribution is 6.30. The minimum atomic E-state index is -0.427. The molecule has 0 spiro atoms. The monoisotopic (exact) mass is 587 g/mol. The van der Waals surface area contributed by atoms with Gasteiger partial charge in [-0.15, -0.1) is 10.2 Å². The summed E-state index contributed by atoms with van der Waals surface area (Å²) in [5.41, 5.74) is 5.62. The van der Waals surface area contributed by atoms with Crippen molar-refractivity contribution in [2.24, 2.45) is 0 Å². The Labute approximate surface area is 249 Å². The molecule has 0 aliphatic carbocycles. The van der Waals surface area contributed by atoms with Gasteiger partial charge >= 0.3 is 6.09 Å². The van der Waals surface area contributed by atoms with E-state index in [4.69, 9.17) is 21.3 Å². The Balaban J connectivity index is 1.47. The fourth-order valence-corrected chi connectivity index (χ4v) is 6.01. The largest absolute Gasteiger partial charge is 0.447 e. The first kappa shape index (κ1) is 28.0. The molecule has 2 aliphatic rings. The van der Waals surface area contributed by atoms with Crippen molar-refractivity contribution in [3.63, 3.8) is 0 Å². The third-order valence-corrected chi connectivity index (χ3v) is 8.05. The molecule has 0 N–H and O–H groups in total. The zero-order chi connectivity index (χ0) is 29.9. The van der Waals surface area contributed by atoms with Gasteiger partial charge in [0.1, 0.15) is 17.7 Å². The molecule has 6 rings (SSSR count). The van der Waals surface area contributed by atoms with E-state index in [2.05, 4.69) is 28.6 Å². The van der Waals surface area contributed by atoms with E-state index in [1.165, 1.54) is 0 Å². The minimum Gasteiger partial charge on any atom is -0.447 e. The van der Waals surface area contributed by atoms with Crippen LogP contribution >= 0.6 is 11.6 Å². The molecule has 3 aromatic heterocycles. The van der Waals surface area contributed by atoms with Gasteiger partial charge in [0.15, 0.2) is 11.3 Å². The molecule has 4 aromatic rings. The van der Waals surface area contributed by atoms with Gasteiger partial charge in [-0.2, -0.15) is 0 Å². The highest BCUT2D eigenvalue weighted by atomic mass is 35.5. The zero-order valence-electron chi connectivity index (χ0n) is 24.6. The van der Waals surface area contributed by atoms with Gasteiger partial charge < -0.3 is 14.2 Å². The van der Waals surface area contributed by atoms with E-state index >= 15 is 0 Å². The summed E-state index contributed by atoms with van der Waals surface area (Å²) in [6.45, 7) is 12.7. The number of carbonyl (C=O) groups excluding carboxylic acids is 2. The highest BCUT2D eigenvalue weighted by Crippen LogP contribution is 2.45. The topological polar surface area (TPSA) is 97.9 Å². The van der Waals surface area contributed by atoms with Gasteiger partial charge in [0.05, 0.1) is 17.5 Å². The Morgan fingerprint density at radius 1 is 1.10 bits per heavy atom. The molecule has 11 heteroatoms. The van der Waals surface area contributed by atoms with Gasteiger partial charge in [0.2, 0.25) is 0 Å². The number of nitrogens with zero attached hydrogens (tertiary/aromatic N) is 7. The summed E-state index contributed by atoms with van der Waals surface area (Å²) in [4.78, 5) is 35.3. The number of hydrogen-bond donors (Lipinski definition) is 0. The number of aryl methyl sites for hydroxylation is 2. The average Bonchev–Trinajstić information content (AvgIpc) is 3.60. The molecule has 1 unspecified atom stereocenters. The number of hydrogen-bond acceptors (Lipinski definition) is 6. The molecule has 2 amide bonds. The van der Waals surface area contributed by atoms with Crippen LogP contribution in [0.3, 0.4) is 0 Å². The van der Waals surface area contributed by atoms with Crippen LogP contribution in [0.4, 0.5) is 10.5 Å². The quantitative estimate of drug-likeness (QED) is 0.277. The zero-order valence-corrected chi connectivity index (χ0v) is 25.4. The van der Waals surface area contributed by atoms with Crippen LogP contribution in [-0.2, 0) is 4.74 Å². The fraction of sp³-hybridized carbons (Fsp3) is 0.387. The number of aromatic nitrogens is 5. The van der Waals surface area contributed by atoms with Crippen LogP contribution in [0.2, 0.25) is 5.02 Å². The number of carbonyl (C=O) groups is 2. The lowest BCUT2D eigenvalue weighted by Crippen LogP contribution is -2.36. The van der Waals surface area contributed by atoms with Gasteiger partial charge in [0.25, 0.3) is 5.91 Å². The van der Waals surface area contributed by atoms with Crippen LogP contribution < -0.4 is 4.90 Å². The number of rotatable bonds is 5. The summed E-state index contributed by atoms with van der Waals surface area (Å²) in [5.74, 6) is 1.33. The normalized spacial score (nSPS) is 17.0. The molecule has 218 valence electrons. The molecular formula is C31H34ClN7O3. The van der Waals surface area contributed by atoms with Crippen molar-refractivity contribution in [3.05, 3.63) is 81.8 Å². The number of halogens is 1. The minimum absolute atomic E-state index is 0.0212. The molecule has 0 fully saturated rings. The predicted molar refractivity (Wildman–Crippen MR) is 161 cm³/mol. The molecule has 0 saturated heterocycles. The Hall–Kier alpha value is -4.18. The first-order valence-corrected chi connectivity index (χ1v) is 14.6. The second-order valence-corrected chi connectivity index (χ2v) is 11.9. The Kier molecular flexibility index (Phi) is 7.04. The summed E-state index contributed by atoms with van der Waals surface area (Å²) in [6, 6.07) is 9.20. The lowest BCUT2D eigenvalue weighted by molar-refractivity contribution is 0.0798. The van der Waals surface area contributed by atoms with Crippen molar-refractivity contribution < 1.29 is 14.3 Å². The molecule has 10 nitrogen and oxygen atoms in total. The van der Waals surface area contributed by atoms with Crippen LogP contribution in [-0.4, -0.2) is 60.2 Å². The van der Waals surface area contributed by atoms with Crippen LogP contribution in [0.5, 0.6) is 0 Å². The third kappa shape index (κ3) is 4.63. The molecule has 1 atom stereocenters. The van der Waals surface area contributed by atoms with Crippen LogP contribution in [0.15, 0.2) is 42.6 Å². The maximum atomic E-state index is 14.3. The molecular weight excluding hydrogens is 554 g/mol. The number of anilines is 1. The third-order valence-electron chi connectivity index (χ3n) is 7.80. The van der Waals surface area contributed by atoms with Gasteiger partial charge in [-0.25, -0.2) is 9.78 Å². The summed E-state index contributed by atoms with van der Waals surface area (Å²) < 4.78 is 9.48. The number of ether oxygens (including phenoxy) is 1. The van der Waals surface area contributed by atoms with Gasteiger partial charge in [-0.05, 0) is 82.9 Å². The van der Waals surface area contributed by atoms with Crippen LogP contribution in [0.1, 0.15) is 85.2 Å². The molecule has 1 aromatic carbocycles. The van der Waals surface area contributed by atoms with E-state index in [1.54, 1.807) is 4.90 Å². The molecule has 0 saturated carbocycles. The molecule has 42 heavy (non-hydrogen) atoms. The fourth-order valence-electron chi connectivity index (χ4n) is 5.88.